The molecule has 0 bridgehead atoms. The third-order valence-electron chi connectivity index (χ3n) is 6.91. The lowest BCUT2D eigenvalue weighted by Gasteiger charge is -2.22. The second-order valence-electron chi connectivity index (χ2n) is 8.96. The lowest BCUT2D eigenvalue weighted by molar-refractivity contribution is 0.666. The van der Waals surface area contributed by atoms with Crippen LogP contribution in [0.4, 0.5) is 5.69 Å². The van der Waals surface area contributed by atoms with Gasteiger partial charge in [0.1, 0.15) is 0 Å². The summed E-state index contributed by atoms with van der Waals surface area (Å²) in [5.74, 6) is 0. The standard InChI is InChI=1S/C29H22N2/c1-18-10-9-14-23(30-4)28(18)31-24-15-8-6-12-21(24)26-25(31)17-16-20-19-11-5-7-13-22(19)29(2,3)27(20)26/h5-17H,1-3H3. The van der Waals surface area contributed by atoms with Gasteiger partial charge in [0, 0.05) is 16.2 Å². The first-order valence-corrected chi connectivity index (χ1v) is 10.7. The molecule has 0 spiro atoms. The number of hydrogen-bond acceptors (Lipinski definition) is 0. The lowest BCUT2D eigenvalue weighted by Crippen LogP contribution is -2.15. The van der Waals surface area contributed by atoms with Gasteiger partial charge in [-0.2, -0.15) is 0 Å². The number of benzene rings is 4. The summed E-state index contributed by atoms with van der Waals surface area (Å²) in [6, 6.07) is 27.9. The highest BCUT2D eigenvalue weighted by Gasteiger charge is 2.38. The summed E-state index contributed by atoms with van der Waals surface area (Å²) in [4.78, 5) is 3.86. The van der Waals surface area contributed by atoms with Gasteiger partial charge in [-0.1, -0.05) is 80.6 Å². The monoisotopic (exact) mass is 398 g/mol. The molecule has 0 unspecified atom stereocenters. The molecule has 1 aliphatic carbocycles. The van der Waals surface area contributed by atoms with E-state index in [2.05, 4.69) is 96.9 Å². The summed E-state index contributed by atoms with van der Waals surface area (Å²) >= 11 is 0. The number of rotatable bonds is 1. The zero-order valence-corrected chi connectivity index (χ0v) is 17.9. The van der Waals surface area contributed by atoms with Crippen LogP contribution in [0.15, 0.2) is 78.9 Å². The molecule has 0 aliphatic heterocycles. The van der Waals surface area contributed by atoms with Crippen molar-refractivity contribution in [2.45, 2.75) is 26.2 Å². The molecule has 31 heavy (non-hydrogen) atoms. The molecule has 2 heteroatoms. The van der Waals surface area contributed by atoms with E-state index in [1.54, 1.807) is 0 Å². The van der Waals surface area contributed by atoms with Gasteiger partial charge in [0.2, 0.25) is 5.69 Å². The smallest absolute Gasteiger partial charge is 0.210 e. The molecule has 0 atom stereocenters. The SMILES string of the molecule is [C-]#[N+]c1cccc(C)c1-n1c2ccccc2c2c3c(ccc21)-c1ccccc1C3(C)C. The Morgan fingerprint density at radius 3 is 2.39 bits per heavy atom. The second kappa shape index (κ2) is 6.09. The van der Waals surface area contributed by atoms with E-state index < -0.39 is 0 Å². The summed E-state index contributed by atoms with van der Waals surface area (Å²) in [6.07, 6.45) is 0. The fourth-order valence-corrected chi connectivity index (χ4v) is 5.60. The maximum Gasteiger partial charge on any atom is 0.210 e. The third-order valence-corrected chi connectivity index (χ3v) is 6.91. The minimum Gasteiger partial charge on any atom is -0.319 e. The Morgan fingerprint density at radius 1 is 0.774 bits per heavy atom. The molecule has 2 nitrogen and oxygen atoms in total. The van der Waals surface area contributed by atoms with E-state index >= 15 is 0 Å². The molecule has 0 N–H and O–H groups in total. The molecule has 4 aromatic carbocycles. The van der Waals surface area contributed by atoms with Gasteiger partial charge < -0.3 is 4.57 Å². The van der Waals surface area contributed by atoms with Gasteiger partial charge in [0.25, 0.3) is 0 Å². The number of para-hydroxylation sites is 2. The van der Waals surface area contributed by atoms with Crippen LogP contribution < -0.4 is 0 Å². The Labute approximate surface area is 182 Å². The van der Waals surface area contributed by atoms with Crippen molar-refractivity contribution in [1.29, 1.82) is 0 Å². The molecule has 5 aromatic rings. The molecule has 1 heterocycles. The van der Waals surface area contributed by atoms with Crippen LogP contribution in [-0.2, 0) is 5.41 Å². The predicted octanol–water partition coefficient (Wildman–Crippen LogP) is 7.95. The summed E-state index contributed by atoms with van der Waals surface area (Å²) in [6.45, 7) is 14.5. The lowest BCUT2D eigenvalue weighted by atomic mass is 9.80. The highest BCUT2D eigenvalue weighted by molar-refractivity contribution is 6.14. The molecule has 0 radical (unpaired) electrons. The number of aromatic nitrogens is 1. The van der Waals surface area contributed by atoms with Crippen molar-refractivity contribution < 1.29 is 0 Å². The molecule has 0 saturated carbocycles. The van der Waals surface area contributed by atoms with Gasteiger partial charge in [0.15, 0.2) is 0 Å². The van der Waals surface area contributed by atoms with Crippen molar-refractivity contribution in [2.24, 2.45) is 0 Å². The molecule has 6 rings (SSSR count). The fraction of sp³-hybridized carbons (Fsp3) is 0.138. The molecular formula is C29H22N2. The van der Waals surface area contributed by atoms with Crippen molar-refractivity contribution in [3.63, 3.8) is 0 Å². The van der Waals surface area contributed by atoms with E-state index in [4.69, 9.17) is 6.57 Å². The fourth-order valence-electron chi connectivity index (χ4n) is 5.60. The van der Waals surface area contributed by atoms with Crippen LogP contribution in [0.1, 0.15) is 30.5 Å². The van der Waals surface area contributed by atoms with E-state index in [0.29, 0.717) is 5.69 Å². The van der Waals surface area contributed by atoms with Crippen LogP contribution in [0.3, 0.4) is 0 Å². The maximum absolute atomic E-state index is 7.79. The Morgan fingerprint density at radius 2 is 1.55 bits per heavy atom. The summed E-state index contributed by atoms with van der Waals surface area (Å²) in [5, 5.41) is 2.54. The van der Waals surface area contributed by atoms with Crippen LogP contribution >= 0.6 is 0 Å². The van der Waals surface area contributed by atoms with Crippen LogP contribution in [0.25, 0.3) is 43.5 Å². The minimum atomic E-state index is -0.0885. The van der Waals surface area contributed by atoms with Gasteiger partial charge in [-0.3, -0.25) is 0 Å². The molecular weight excluding hydrogens is 376 g/mol. The normalized spacial score (nSPS) is 13.9. The van der Waals surface area contributed by atoms with Gasteiger partial charge in [-0.05, 0) is 46.9 Å². The number of hydrogen-bond donors (Lipinski definition) is 0. The van der Waals surface area contributed by atoms with Crippen LogP contribution in [-0.4, -0.2) is 4.57 Å². The van der Waals surface area contributed by atoms with E-state index in [9.17, 15) is 0 Å². The largest absolute Gasteiger partial charge is 0.319 e. The van der Waals surface area contributed by atoms with Gasteiger partial charge in [-0.25, -0.2) is 4.85 Å². The zero-order chi connectivity index (χ0) is 21.3. The van der Waals surface area contributed by atoms with Crippen molar-refractivity contribution in [2.75, 3.05) is 0 Å². The average molecular weight is 399 g/mol. The number of nitrogens with zero attached hydrogens (tertiary/aromatic N) is 2. The summed E-state index contributed by atoms with van der Waals surface area (Å²) in [7, 11) is 0. The van der Waals surface area contributed by atoms with Crippen molar-refractivity contribution >= 4 is 27.5 Å². The second-order valence-corrected chi connectivity index (χ2v) is 8.96. The maximum atomic E-state index is 7.79. The van der Waals surface area contributed by atoms with Crippen molar-refractivity contribution in [1.82, 2.24) is 4.57 Å². The first-order chi connectivity index (χ1) is 15.0. The molecule has 0 saturated heterocycles. The van der Waals surface area contributed by atoms with Crippen LogP contribution in [0.2, 0.25) is 0 Å². The molecule has 1 aromatic heterocycles. The van der Waals surface area contributed by atoms with Gasteiger partial charge in [0.05, 0.1) is 23.3 Å². The number of fused-ring (bicyclic) bond motifs is 7. The molecule has 148 valence electrons. The van der Waals surface area contributed by atoms with Gasteiger partial charge in [-0.15, -0.1) is 0 Å². The zero-order valence-electron chi connectivity index (χ0n) is 17.9. The van der Waals surface area contributed by atoms with E-state index in [0.717, 1.165) is 16.8 Å². The average Bonchev–Trinajstić information content (AvgIpc) is 3.23. The molecule has 0 fully saturated rings. The van der Waals surface area contributed by atoms with Crippen LogP contribution in [0.5, 0.6) is 0 Å². The van der Waals surface area contributed by atoms with Gasteiger partial charge >= 0.3 is 0 Å². The quantitative estimate of drug-likeness (QED) is 0.253. The van der Waals surface area contributed by atoms with E-state index in [1.165, 1.54) is 38.5 Å². The highest BCUT2D eigenvalue weighted by atomic mass is 15.0. The van der Waals surface area contributed by atoms with Crippen molar-refractivity contribution in [3.05, 3.63) is 107 Å². The molecule has 0 amide bonds. The Kier molecular flexibility index (Phi) is 3.53. The Bertz CT molecular complexity index is 1570. The predicted molar refractivity (Wildman–Crippen MR) is 129 cm³/mol. The van der Waals surface area contributed by atoms with Crippen molar-refractivity contribution in [3.8, 4) is 16.8 Å². The highest BCUT2D eigenvalue weighted by Crippen LogP contribution is 2.53. The van der Waals surface area contributed by atoms with E-state index in [1.807, 2.05) is 12.1 Å². The minimum absolute atomic E-state index is 0.0885. The third kappa shape index (κ3) is 2.21. The summed E-state index contributed by atoms with van der Waals surface area (Å²) < 4.78 is 2.30. The topological polar surface area (TPSA) is 9.29 Å². The van der Waals surface area contributed by atoms with E-state index in [-0.39, 0.29) is 5.41 Å². The Balaban J connectivity index is 1.84. The first-order valence-electron chi connectivity index (χ1n) is 10.7. The summed E-state index contributed by atoms with van der Waals surface area (Å²) in [5.41, 5.74) is 10.4. The number of aryl methyl sites for hydroxylation is 1. The Hall–Kier alpha value is -3.83. The molecule has 1 aliphatic rings. The first kappa shape index (κ1) is 18.0. The van der Waals surface area contributed by atoms with Crippen LogP contribution in [0, 0.1) is 13.5 Å².